The van der Waals surface area contributed by atoms with Crippen molar-refractivity contribution in [2.24, 2.45) is 0 Å². The van der Waals surface area contributed by atoms with Gasteiger partial charge in [-0.05, 0) is 30.7 Å². The summed E-state index contributed by atoms with van der Waals surface area (Å²) in [5, 5.41) is 13.5. The van der Waals surface area contributed by atoms with Crippen molar-refractivity contribution in [2.75, 3.05) is 0 Å². The second kappa shape index (κ2) is 7.71. The molecular formula is C19H18N6OS. The van der Waals surface area contributed by atoms with Crippen LogP contribution in [0.25, 0.3) is 17.1 Å². The number of rotatable bonds is 6. The summed E-state index contributed by atoms with van der Waals surface area (Å²) in [6, 6.07) is 12.0. The van der Waals surface area contributed by atoms with Gasteiger partial charge < -0.3 is 4.52 Å². The Bertz CT molecular complexity index is 1040. The van der Waals surface area contributed by atoms with E-state index in [9.17, 15) is 0 Å². The Morgan fingerprint density at radius 3 is 2.74 bits per heavy atom. The van der Waals surface area contributed by atoms with Crippen LogP contribution in [0.3, 0.4) is 0 Å². The fourth-order valence-electron chi connectivity index (χ4n) is 2.70. The Balaban J connectivity index is 1.73. The molecule has 1 aromatic carbocycles. The fraction of sp³-hybridized carbons (Fsp3) is 0.211. The number of nitrogens with zero attached hydrogens (tertiary/aromatic N) is 6. The SMILES string of the molecule is CCc1noc(CSc2nnc(-c3cccnc3)n2-c2ccccc2C)n1. The highest BCUT2D eigenvalue weighted by Gasteiger charge is 2.18. The van der Waals surface area contributed by atoms with Crippen LogP contribution in [-0.2, 0) is 12.2 Å². The molecule has 0 fully saturated rings. The molecule has 4 aromatic rings. The van der Waals surface area contributed by atoms with E-state index < -0.39 is 0 Å². The molecule has 8 heteroatoms. The summed E-state index contributed by atoms with van der Waals surface area (Å²) in [7, 11) is 0. The monoisotopic (exact) mass is 378 g/mol. The van der Waals surface area contributed by atoms with Crippen LogP contribution in [0.15, 0.2) is 58.5 Å². The number of para-hydroxylation sites is 1. The predicted molar refractivity (Wildman–Crippen MR) is 103 cm³/mol. The lowest BCUT2D eigenvalue weighted by Crippen LogP contribution is -2.02. The molecule has 0 unspecified atom stereocenters. The zero-order valence-corrected chi connectivity index (χ0v) is 15.8. The van der Waals surface area contributed by atoms with E-state index in [0.29, 0.717) is 17.5 Å². The molecule has 0 saturated heterocycles. The van der Waals surface area contributed by atoms with Crippen LogP contribution in [0, 0.1) is 6.92 Å². The van der Waals surface area contributed by atoms with Gasteiger partial charge >= 0.3 is 0 Å². The van der Waals surface area contributed by atoms with Gasteiger partial charge in [0.15, 0.2) is 16.8 Å². The highest BCUT2D eigenvalue weighted by Crippen LogP contribution is 2.30. The second-order valence-electron chi connectivity index (χ2n) is 5.92. The number of aryl methyl sites for hydroxylation is 2. The average Bonchev–Trinajstić information content (AvgIpc) is 3.34. The van der Waals surface area contributed by atoms with Crippen LogP contribution in [0.5, 0.6) is 0 Å². The molecule has 136 valence electrons. The molecule has 0 amide bonds. The van der Waals surface area contributed by atoms with Crippen LogP contribution in [-0.4, -0.2) is 29.9 Å². The summed E-state index contributed by atoms with van der Waals surface area (Å²) in [6.45, 7) is 4.07. The third-order valence-corrected chi connectivity index (χ3v) is 4.97. The van der Waals surface area contributed by atoms with E-state index in [4.69, 9.17) is 4.52 Å². The van der Waals surface area contributed by atoms with Gasteiger partial charge in [-0.25, -0.2) is 0 Å². The first kappa shape index (κ1) is 17.4. The topological polar surface area (TPSA) is 82.5 Å². The Morgan fingerprint density at radius 1 is 1.11 bits per heavy atom. The third kappa shape index (κ3) is 3.61. The molecule has 4 rings (SSSR count). The lowest BCUT2D eigenvalue weighted by molar-refractivity contribution is 0.385. The number of aromatic nitrogens is 6. The smallest absolute Gasteiger partial charge is 0.237 e. The maximum absolute atomic E-state index is 5.29. The third-order valence-electron chi connectivity index (χ3n) is 4.06. The molecule has 3 aromatic heterocycles. The summed E-state index contributed by atoms with van der Waals surface area (Å²) >= 11 is 1.52. The lowest BCUT2D eigenvalue weighted by atomic mass is 10.2. The van der Waals surface area contributed by atoms with Gasteiger partial charge in [0, 0.05) is 24.4 Å². The summed E-state index contributed by atoms with van der Waals surface area (Å²) in [6.07, 6.45) is 4.28. The number of pyridine rings is 1. The van der Waals surface area contributed by atoms with Gasteiger partial charge in [-0.3, -0.25) is 9.55 Å². The summed E-state index contributed by atoms with van der Waals surface area (Å²) in [5.74, 6) is 2.57. The van der Waals surface area contributed by atoms with E-state index in [0.717, 1.165) is 34.2 Å². The number of benzene rings is 1. The van der Waals surface area contributed by atoms with Crippen molar-refractivity contribution in [1.82, 2.24) is 29.9 Å². The molecule has 0 radical (unpaired) electrons. The molecule has 0 atom stereocenters. The van der Waals surface area contributed by atoms with Gasteiger partial charge in [0.2, 0.25) is 5.89 Å². The Labute approximate surface area is 160 Å². The maximum atomic E-state index is 5.29. The summed E-state index contributed by atoms with van der Waals surface area (Å²) in [4.78, 5) is 8.57. The molecule has 27 heavy (non-hydrogen) atoms. The van der Waals surface area contributed by atoms with E-state index >= 15 is 0 Å². The quantitative estimate of drug-likeness (QED) is 0.471. The fourth-order valence-corrected chi connectivity index (χ4v) is 3.48. The van der Waals surface area contributed by atoms with Gasteiger partial charge in [0.25, 0.3) is 0 Å². The van der Waals surface area contributed by atoms with E-state index in [1.54, 1.807) is 12.4 Å². The van der Waals surface area contributed by atoms with E-state index in [-0.39, 0.29) is 0 Å². The second-order valence-corrected chi connectivity index (χ2v) is 6.86. The highest BCUT2D eigenvalue weighted by atomic mass is 32.2. The molecule has 0 bridgehead atoms. The van der Waals surface area contributed by atoms with Crippen molar-refractivity contribution in [1.29, 1.82) is 0 Å². The minimum absolute atomic E-state index is 0.532. The molecule has 0 spiro atoms. The number of thioether (sulfide) groups is 1. The van der Waals surface area contributed by atoms with Crippen molar-refractivity contribution in [3.63, 3.8) is 0 Å². The number of hydrogen-bond acceptors (Lipinski definition) is 7. The first-order valence-electron chi connectivity index (χ1n) is 8.62. The summed E-state index contributed by atoms with van der Waals surface area (Å²) in [5.41, 5.74) is 3.07. The van der Waals surface area contributed by atoms with Gasteiger partial charge in [-0.1, -0.05) is 42.0 Å². The predicted octanol–water partition coefficient (Wildman–Crippen LogP) is 3.88. The first-order chi connectivity index (χ1) is 13.3. The van der Waals surface area contributed by atoms with Crippen LogP contribution in [0.1, 0.15) is 24.2 Å². The van der Waals surface area contributed by atoms with Gasteiger partial charge in [-0.15, -0.1) is 10.2 Å². The van der Waals surface area contributed by atoms with Crippen molar-refractivity contribution >= 4 is 11.8 Å². The molecule has 3 heterocycles. The lowest BCUT2D eigenvalue weighted by Gasteiger charge is -2.12. The molecule has 7 nitrogen and oxygen atoms in total. The molecule has 0 N–H and O–H groups in total. The standard InChI is InChI=1S/C19H18N6OS/c1-3-16-21-17(26-24-16)12-27-19-23-22-18(14-8-6-10-20-11-14)25(19)15-9-5-4-7-13(15)2/h4-11H,3,12H2,1-2H3. The molecular weight excluding hydrogens is 360 g/mol. The van der Waals surface area contributed by atoms with Crippen molar-refractivity contribution in [2.45, 2.75) is 31.2 Å². The van der Waals surface area contributed by atoms with Gasteiger partial charge in [-0.2, -0.15) is 4.98 Å². The van der Waals surface area contributed by atoms with Crippen molar-refractivity contribution < 1.29 is 4.52 Å². The molecule has 0 aliphatic rings. The zero-order valence-electron chi connectivity index (χ0n) is 15.0. The largest absolute Gasteiger partial charge is 0.338 e. The van der Waals surface area contributed by atoms with Crippen molar-refractivity contribution in [3.8, 4) is 17.1 Å². The van der Waals surface area contributed by atoms with Gasteiger partial charge in [0.05, 0.1) is 11.4 Å². The van der Waals surface area contributed by atoms with E-state index in [2.05, 4.69) is 44.4 Å². The zero-order chi connectivity index (χ0) is 18.6. The van der Waals surface area contributed by atoms with Crippen LogP contribution in [0.4, 0.5) is 0 Å². The molecule has 0 aliphatic heterocycles. The first-order valence-corrected chi connectivity index (χ1v) is 9.61. The Kier molecular flexibility index (Phi) is 4.97. The minimum Gasteiger partial charge on any atom is -0.338 e. The van der Waals surface area contributed by atoms with E-state index in [1.807, 2.05) is 35.8 Å². The minimum atomic E-state index is 0.532. The average molecular weight is 378 g/mol. The van der Waals surface area contributed by atoms with Gasteiger partial charge in [0.1, 0.15) is 0 Å². The van der Waals surface area contributed by atoms with E-state index in [1.165, 1.54) is 11.8 Å². The highest BCUT2D eigenvalue weighted by molar-refractivity contribution is 7.98. The van der Waals surface area contributed by atoms with Crippen LogP contribution in [0.2, 0.25) is 0 Å². The number of hydrogen-bond donors (Lipinski definition) is 0. The Hall–Kier alpha value is -3.00. The Morgan fingerprint density at radius 2 is 2.00 bits per heavy atom. The maximum Gasteiger partial charge on any atom is 0.237 e. The van der Waals surface area contributed by atoms with Crippen LogP contribution >= 0.6 is 11.8 Å². The summed E-state index contributed by atoms with van der Waals surface area (Å²) < 4.78 is 7.34. The molecule has 0 saturated carbocycles. The molecule has 0 aliphatic carbocycles. The normalized spacial score (nSPS) is 11.0. The van der Waals surface area contributed by atoms with Crippen molar-refractivity contribution in [3.05, 3.63) is 66.1 Å². The van der Waals surface area contributed by atoms with Crippen LogP contribution < -0.4 is 0 Å².